The highest BCUT2D eigenvalue weighted by molar-refractivity contribution is 14.1. The predicted molar refractivity (Wildman–Crippen MR) is 59.2 cm³/mol. The van der Waals surface area contributed by atoms with Gasteiger partial charge in [-0.05, 0) is 19.8 Å². The van der Waals surface area contributed by atoms with Crippen LogP contribution in [0.2, 0.25) is 0 Å². The maximum atomic E-state index is 12.0. The molecule has 1 spiro atoms. The van der Waals surface area contributed by atoms with Gasteiger partial charge < -0.3 is 0 Å². The number of carbonyl (C=O) groups excluding carboxylic acids is 1. The van der Waals surface area contributed by atoms with Crippen LogP contribution in [-0.4, -0.2) is 33.6 Å². The molecule has 0 bridgehead atoms. The molecule has 0 amide bonds. The van der Waals surface area contributed by atoms with E-state index >= 15 is 0 Å². The first-order chi connectivity index (χ1) is 6.07. The number of hydrazine groups is 1. The Labute approximate surface area is 92.9 Å². The Kier molecular flexibility index (Phi) is 2.40. The highest BCUT2D eigenvalue weighted by Crippen LogP contribution is 2.46. The number of carbonyl (C=O) groups is 1. The summed E-state index contributed by atoms with van der Waals surface area (Å²) >= 11 is 2.30. The van der Waals surface area contributed by atoms with Crippen LogP contribution in [0.3, 0.4) is 0 Å². The van der Waals surface area contributed by atoms with Crippen molar-refractivity contribution in [1.82, 2.24) is 8.23 Å². The molecular weight excluding hydrogens is 279 g/mol. The Morgan fingerprint density at radius 3 is 2.62 bits per heavy atom. The number of hydrogen-bond acceptors (Lipinski definition) is 3. The molecule has 4 heteroatoms. The average molecular weight is 294 g/mol. The van der Waals surface area contributed by atoms with Gasteiger partial charge in [0.15, 0.2) is 5.78 Å². The molecule has 13 heavy (non-hydrogen) atoms. The third kappa shape index (κ3) is 1.34. The molecule has 0 aromatic heterocycles. The van der Waals surface area contributed by atoms with Gasteiger partial charge in [-0.2, -0.15) is 3.22 Å². The molecule has 0 N–H and O–H groups in total. The van der Waals surface area contributed by atoms with E-state index in [-0.39, 0.29) is 11.5 Å². The zero-order chi connectivity index (χ0) is 9.64. The molecule has 1 aliphatic carbocycles. The molecule has 0 aromatic rings. The summed E-state index contributed by atoms with van der Waals surface area (Å²) in [5.74, 6) is 0.453. The Morgan fingerprint density at radius 2 is 2.15 bits per heavy atom. The van der Waals surface area contributed by atoms with Crippen molar-refractivity contribution < 1.29 is 4.79 Å². The first-order valence-electron chi connectivity index (χ1n) is 4.77. The summed E-state index contributed by atoms with van der Waals surface area (Å²) in [5.41, 5.74) is 0.0209. The Morgan fingerprint density at radius 1 is 1.54 bits per heavy atom. The van der Waals surface area contributed by atoms with Gasteiger partial charge in [0.25, 0.3) is 0 Å². The number of Topliss-reactive ketones (excluding diaryl/α,β-unsaturated/α-hetero) is 1. The first-order valence-corrected chi connectivity index (χ1v) is 5.74. The lowest BCUT2D eigenvalue weighted by Crippen LogP contribution is -2.61. The summed E-state index contributed by atoms with van der Waals surface area (Å²) in [6.45, 7) is 2.92. The Hall–Kier alpha value is 0.320. The SMILES string of the molecule is CC1C(=O)C2(CCC2)CN(I)N1C. The van der Waals surface area contributed by atoms with Crippen molar-refractivity contribution in [2.24, 2.45) is 5.41 Å². The van der Waals surface area contributed by atoms with Crippen LogP contribution in [0.15, 0.2) is 0 Å². The van der Waals surface area contributed by atoms with Gasteiger partial charge in [0, 0.05) is 41.9 Å². The molecule has 0 aromatic carbocycles. The molecule has 2 fully saturated rings. The van der Waals surface area contributed by atoms with Crippen LogP contribution in [0.1, 0.15) is 26.2 Å². The summed E-state index contributed by atoms with van der Waals surface area (Å²) in [7, 11) is 1.99. The zero-order valence-corrected chi connectivity index (χ0v) is 10.2. The summed E-state index contributed by atoms with van der Waals surface area (Å²) < 4.78 is 2.16. The maximum Gasteiger partial charge on any atom is 0.158 e. The Bertz CT molecular complexity index is 240. The van der Waals surface area contributed by atoms with Gasteiger partial charge in [-0.1, -0.05) is 6.42 Å². The van der Waals surface area contributed by atoms with E-state index in [0.717, 1.165) is 19.4 Å². The van der Waals surface area contributed by atoms with E-state index in [0.29, 0.717) is 5.78 Å². The lowest BCUT2D eigenvalue weighted by atomic mass is 9.64. The van der Waals surface area contributed by atoms with Crippen LogP contribution in [-0.2, 0) is 4.79 Å². The van der Waals surface area contributed by atoms with E-state index in [1.54, 1.807) is 0 Å². The monoisotopic (exact) mass is 294 g/mol. The largest absolute Gasteiger partial charge is 0.297 e. The van der Waals surface area contributed by atoms with Gasteiger partial charge in [0.05, 0.1) is 6.04 Å². The van der Waals surface area contributed by atoms with Crippen molar-refractivity contribution >= 4 is 28.6 Å². The lowest BCUT2D eigenvalue weighted by molar-refractivity contribution is -0.153. The number of halogens is 1. The molecule has 2 aliphatic rings. The van der Waals surface area contributed by atoms with Gasteiger partial charge in [-0.25, -0.2) is 5.01 Å². The standard InChI is InChI=1S/C9H15IN2O/c1-7-8(13)9(4-3-5-9)6-12(10)11(7)2/h7H,3-6H2,1-2H3. The van der Waals surface area contributed by atoms with Gasteiger partial charge in [0.2, 0.25) is 0 Å². The second-order valence-electron chi connectivity index (χ2n) is 4.24. The number of nitrogens with zero attached hydrogens (tertiary/aromatic N) is 2. The molecule has 3 nitrogen and oxygen atoms in total. The van der Waals surface area contributed by atoms with Crippen molar-refractivity contribution in [1.29, 1.82) is 0 Å². The minimum atomic E-state index is 0.0209. The molecule has 1 aliphatic heterocycles. The van der Waals surface area contributed by atoms with E-state index in [4.69, 9.17) is 0 Å². The highest BCUT2D eigenvalue weighted by atomic mass is 127. The minimum absolute atomic E-state index is 0.0209. The number of ketones is 1. The van der Waals surface area contributed by atoms with Crippen LogP contribution in [0.5, 0.6) is 0 Å². The smallest absolute Gasteiger partial charge is 0.158 e. The lowest BCUT2D eigenvalue weighted by Gasteiger charge is -2.51. The molecule has 2 rings (SSSR count). The topological polar surface area (TPSA) is 23.6 Å². The minimum Gasteiger partial charge on any atom is -0.297 e. The van der Waals surface area contributed by atoms with E-state index in [1.165, 1.54) is 6.42 Å². The second-order valence-corrected chi connectivity index (χ2v) is 5.36. The Balaban J connectivity index is 2.20. The highest BCUT2D eigenvalue weighted by Gasteiger charge is 2.51. The molecule has 1 atom stereocenters. The van der Waals surface area contributed by atoms with Crippen LogP contribution in [0.25, 0.3) is 0 Å². The summed E-state index contributed by atoms with van der Waals surface area (Å²) in [5, 5.41) is 2.03. The van der Waals surface area contributed by atoms with E-state index in [2.05, 4.69) is 26.1 Å². The third-order valence-electron chi connectivity index (χ3n) is 3.55. The van der Waals surface area contributed by atoms with Gasteiger partial charge in [-0.15, -0.1) is 0 Å². The van der Waals surface area contributed by atoms with Crippen LogP contribution >= 0.6 is 22.9 Å². The quantitative estimate of drug-likeness (QED) is 0.501. The van der Waals surface area contributed by atoms with Gasteiger partial charge in [0.1, 0.15) is 0 Å². The molecule has 1 saturated carbocycles. The van der Waals surface area contributed by atoms with Crippen molar-refractivity contribution in [2.45, 2.75) is 32.2 Å². The average Bonchev–Trinajstić information content (AvgIpc) is 2.05. The third-order valence-corrected chi connectivity index (χ3v) is 4.57. The van der Waals surface area contributed by atoms with E-state index in [9.17, 15) is 4.79 Å². The number of hydrogen-bond donors (Lipinski definition) is 0. The molecular formula is C9H15IN2O. The molecule has 1 heterocycles. The van der Waals surface area contributed by atoms with E-state index in [1.807, 2.05) is 19.0 Å². The first kappa shape index (κ1) is 9.86. The fraction of sp³-hybridized carbons (Fsp3) is 0.889. The fourth-order valence-electron chi connectivity index (χ4n) is 2.25. The number of rotatable bonds is 0. The molecule has 74 valence electrons. The van der Waals surface area contributed by atoms with Crippen molar-refractivity contribution in [2.75, 3.05) is 13.6 Å². The van der Waals surface area contributed by atoms with Crippen LogP contribution < -0.4 is 0 Å². The van der Waals surface area contributed by atoms with Gasteiger partial charge in [-0.3, -0.25) is 4.79 Å². The van der Waals surface area contributed by atoms with E-state index < -0.39 is 0 Å². The van der Waals surface area contributed by atoms with Crippen molar-refractivity contribution in [3.63, 3.8) is 0 Å². The normalized spacial score (nSPS) is 35.0. The number of likely N-dealkylation sites (N-methyl/N-ethyl adjacent to an activating group) is 1. The fourth-order valence-corrected chi connectivity index (χ4v) is 3.27. The van der Waals surface area contributed by atoms with Crippen molar-refractivity contribution in [3.8, 4) is 0 Å². The zero-order valence-electron chi connectivity index (χ0n) is 8.09. The van der Waals surface area contributed by atoms with Gasteiger partial charge >= 0.3 is 0 Å². The molecule has 1 unspecified atom stereocenters. The summed E-state index contributed by atoms with van der Waals surface area (Å²) in [6, 6.07) is 0.0611. The molecule has 0 radical (unpaired) electrons. The second kappa shape index (κ2) is 3.17. The molecule has 1 saturated heterocycles. The predicted octanol–water partition coefficient (Wildman–Crippen LogP) is 1.63. The van der Waals surface area contributed by atoms with Crippen LogP contribution in [0, 0.1) is 5.41 Å². The van der Waals surface area contributed by atoms with Crippen LogP contribution in [0.4, 0.5) is 0 Å². The summed E-state index contributed by atoms with van der Waals surface area (Å²) in [4.78, 5) is 12.0. The van der Waals surface area contributed by atoms with Crippen molar-refractivity contribution in [3.05, 3.63) is 0 Å². The summed E-state index contributed by atoms with van der Waals surface area (Å²) in [6.07, 6.45) is 3.43. The maximum absolute atomic E-state index is 12.0.